The predicted molar refractivity (Wildman–Crippen MR) is 65.0 cm³/mol. The second kappa shape index (κ2) is 4.93. The van der Waals surface area contributed by atoms with Gasteiger partial charge in [0.05, 0.1) is 11.5 Å². The van der Waals surface area contributed by atoms with Crippen LogP contribution in [-0.2, 0) is 16.4 Å². The molecule has 18 heavy (non-hydrogen) atoms. The quantitative estimate of drug-likeness (QED) is 0.821. The summed E-state index contributed by atoms with van der Waals surface area (Å²) in [4.78, 5) is 1.76. The number of benzene rings is 1. The van der Waals surface area contributed by atoms with Gasteiger partial charge in [0.25, 0.3) is 0 Å². The highest BCUT2D eigenvalue weighted by Crippen LogP contribution is 2.18. The molecule has 0 aromatic heterocycles. The van der Waals surface area contributed by atoms with Crippen molar-refractivity contribution in [2.45, 2.75) is 13.5 Å². The Morgan fingerprint density at radius 1 is 1.17 bits per heavy atom. The Morgan fingerprint density at radius 3 is 2.17 bits per heavy atom. The second-order valence-electron chi connectivity index (χ2n) is 4.64. The van der Waals surface area contributed by atoms with Gasteiger partial charge in [-0.15, -0.1) is 0 Å². The fraction of sp³-hybridized carbons (Fsp3) is 0.500. The van der Waals surface area contributed by atoms with E-state index in [4.69, 9.17) is 0 Å². The Labute approximate surface area is 105 Å². The third-order valence-electron chi connectivity index (χ3n) is 3.10. The summed E-state index contributed by atoms with van der Waals surface area (Å²) in [6.07, 6.45) is 0. The zero-order chi connectivity index (χ0) is 13.3. The van der Waals surface area contributed by atoms with Gasteiger partial charge in [0, 0.05) is 25.2 Å². The smallest absolute Gasteiger partial charge is 0.152 e. The van der Waals surface area contributed by atoms with Crippen LogP contribution in [0.15, 0.2) is 12.1 Å². The van der Waals surface area contributed by atoms with Crippen molar-refractivity contribution in [1.29, 1.82) is 0 Å². The van der Waals surface area contributed by atoms with Crippen LogP contribution in [0.4, 0.5) is 8.78 Å². The highest BCUT2D eigenvalue weighted by atomic mass is 32.2. The van der Waals surface area contributed by atoms with Crippen molar-refractivity contribution in [2.75, 3.05) is 24.6 Å². The average Bonchev–Trinajstić information content (AvgIpc) is 2.25. The van der Waals surface area contributed by atoms with Gasteiger partial charge in [-0.2, -0.15) is 0 Å². The van der Waals surface area contributed by atoms with Crippen molar-refractivity contribution < 1.29 is 17.2 Å². The van der Waals surface area contributed by atoms with Crippen LogP contribution in [0.2, 0.25) is 0 Å². The van der Waals surface area contributed by atoms with Crippen molar-refractivity contribution in [3.05, 3.63) is 34.9 Å². The van der Waals surface area contributed by atoms with Crippen LogP contribution in [0.5, 0.6) is 0 Å². The molecule has 100 valence electrons. The van der Waals surface area contributed by atoms with E-state index in [1.165, 1.54) is 12.1 Å². The first kappa shape index (κ1) is 13.4. The summed E-state index contributed by atoms with van der Waals surface area (Å²) in [5.41, 5.74) is 0.551. The third kappa shape index (κ3) is 3.05. The summed E-state index contributed by atoms with van der Waals surface area (Å²) >= 11 is 0. The topological polar surface area (TPSA) is 37.4 Å². The summed E-state index contributed by atoms with van der Waals surface area (Å²) in [5.74, 6) is -1.02. The molecule has 1 aliphatic heterocycles. The van der Waals surface area contributed by atoms with E-state index in [1.807, 2.05) is 0 Å². The minimum Gasteiger partial charge on any atom is -0.297 e. The zero-order valence-electron chi connectivity index (χ0n) is 10.1. The second-order valence-corrected chi connectivity index (χ2v) is 6.94. The minimum absolute atomic E-state index is 0.0138. The molecule has 0 radical (unpaired) electrons. The Morgan fingerprint density at radius 2 is 1.67 bits per heavy atom. The first-order chi connectivity index (χ1) is 8.37. The zero-order valence-corrected chi connectivity index (χ0v) is 10.9. The molecule has 2 rings (SSSR count). The Kier molecular flexibility index (Phi) is 3.68. The van der Waals surface area contributed by atoms with Crippen molar-refractivity contribution in [1.82, 2.24) is 4.90 Å². The molecule has 1 heterocycles. The number of nitrogens with zero attached hydrogens (tertiary/aromatic N) is 1. The molecule has 0 unspecified atom stereocenters. The van der Waals surface area contributed by atoms with E-state index in [-0.39, 0.29) is 23.6 Å². The molecule has 1 fully saturated rings. The third-order valence-corrected chi connectivity index (χ3v) is 4.71. The van der Waals surface area contributed by atoms with Crippen molar-refractivity contribution in [3.63, 3.8) is 0 Å². The lowest BCUT2D eigenvalue weighted by Crippen LogP contribution is -2.40. The summed E-state index contributed by atoms with van der Waals surface area (Å²) in [7, 11) is -2.96. The molecule has 6 heteroatoms. The average molecular weight is 275 g/mol. The maximum absolute atomic E-state index is 13.6. The fourth-order valence-electron chi connectivity index (χ4n) is 2.01. The summed E-state index contributed by atoms with van der Waals surface area (Å²) < 4.78 is 49.8. The lowest BCUT2D eigenvalue weighted by molar-refractivity contribution is 0.278. The van der Waals surface area contributed by atoms with Gasteiger partial charge in [-0.1, -0.05) is 0 Å². The van der Waals surface area contributed by atoms with Gasteiger partial charge < -0.3 is 0 Å². The van der Waals surface area contributed by atoms with E-state index >= 15 is 0 Å². The van der Waals surface area contributed by atoms with E-state index in [0.29, 0.717) is 18.7 Å². The lowest BCUT2D eigenvalue weighted by Gasteiger charge is -2.26. The first-order valence-corrected chi connectivity index (χ1v) is 7.57. The first-order valence-electron chi connectivity index (χ1n) is 5.75. The molecule has 1 saturated heterocycles. The van der Waals surface area contributed by atoms with Crippen molar-refractivity contribution in [2.24, 2.45) is 0 Å². The molecule has 1 aliphatic rings. The van der Waals surface area contributed by atoms with Gasteiger partial charge in [0.15, 0.2) is 9.84 Å². The van der Waals surface area contributed by atoms with E-state index in [9.17, 15) is 17.2 Å². The summed E-state index contributed by atoms with van der Waals surface area (Å²) in [6.45, 7) is 2.40. The molecule has 0 N–H and O–H groups in total. The van der Waals surface area contributed by atoms with Gasteiger partial charge in [-0.05, 0) is 24.6 Å². The number of hydrogen-bond donors (Lipinski definition) is 0. The van der Waals surface area contributed by atoms with Crippen LogP contribution >= 0.6 is 0 Å². The maximum atomic E-state index is 13.6. The largest absolute Gasteiger partial charge is 0.297 e. The van der Waals surface area contributed by atoms with Crippen molar-refractivity contribution in [3.8, 4) is 0 Å². The van der Waals surface area contributed by atoms with E-state index in [0.717, 1.165) is 0 Å². The van der Waals surface area contributed by atoms with Crippen LogP contribution in [0.1, 0.15) is 11.1 Å². The van der Waals surface area contributed by atoms with Gasteiger partial charge in [-0.25, -0.2) is 17.2 Å². The number of hydrogen-bond acceptors (Lipinski definition) is 3. The molecular formula is C12H15F2NO2S. The highest BCUT2D eigenvalue weighted by molar-refractivity contribution is 7.91. The van der Waals surface area contributed by atoms with Crippen LogP contribution < -0.4 is 0 Å². The van der Waals surface area contributed by atoms with E-state index < -0.39 is 21.5 Å². The van der Waals surface area contributed by atoms with E-state index in [1.54, 1.807) is 11.8 Å². The maximum Gasteiger partial charge on any atom is 0.152 e. The molecule has 0 bridgehead atoms. The molecule has 0 aliphatic carbocycles. The van der Waals surface area contributed by atoms with Gasteiger partial charge in [0.2, 0.25) is 0 Å². The SMILES string of the molecule is Cc1cc(F)c(CN2CCS(=O)(=O)CC2)c(F)c1. The molecule has 1 aromatic rings. The molecule has 0 atom stereocenters. The minimum atomic E-state index is -2.96. The van der Waals surface area contributed by atoms with E-state index in [2.05, 4.69) is 0 Å². The Balaban J connectivity index is 2.11. The molecule has 0 amide bonds. The fourth-order valence-corrected chi connectivity index (χ4v) is 3.29. The molecule has 3 nitrogen and oxygen atoms in total. The van der Waals surface area contributed by atoms with Crippen LogP contribution in [0.3, 0.4) is 0 Å². The number of halogens is 2. The highest BCUT2D eigenvalue weighted by Gasteiger charge is 2.23. The molecule has 0 saturated carbocycles. The van der Waals surface area contributed by atoms with Crippen LogP contribution in [-0.4, -0.2) is 37.9 Å². The Hall–Kier alpha value is -1.01. The normalized spacial score (nSPS) is 19.9. The molecule has 1 aromatic carbocycles. The predicted octanol–water partition coefficient (Wildman–Crippen LogP) is 1.50. The van der Waals surface area contributed by atoms with Gasteiger partial charge >= 0.3 is 0 Å². The Bertz CT molecular complexity index is 520. The summed E-state index contributed by atoms with van der Waals surface area (Å²) in [6, 6.07) is 2.58. The van der Waals surface area contributed by atoms with Gasteiger partial charge in [0.1, 0.15) is 11.6 Å². The molecule has 0 spiro atoms. The monoisotopic (exact) mass is 275 g/mol. The number of sulfone groups is 1. The lowest BCUT2D eigenvalue weighted by atomic mass is 10.1. The van der Waals surface area contributed by atoms with Gasteiger partial charge in [-0.3, -0.25) is 4.90 Å². The molecular weight excluding hydrogens is 260 g/mol. The number of rotatable bonds is 2. The summed E-state index contributed by atoms with van der Waals surface area (Å²) in [5, 5.41) is 0. The van der Waals surface area contributed by atoms with Crippen LogP contribution in [0, 0.1) is 18.6 Å². The standard InChI is InChI=1S/C12H15F2NO2S/c1-9-6-11(13)10(12(14)7-9)8-15-2-4-18(16,17)5-3-15/h6-7H,2-5,8H2,1H3. The van der Waals surface area contributed by atoms with Crippen molar-refractivity contribution >= 4 is 9.84 Å². The van der Waals surface area contributed by atoms with Crippen LogP contribution in [0.25, 0.3) is 0 Å². The number of aryl methyl sites for hydroxylation is 1.